The quantitative estimate of drug-likeness (QED) is 0.313. The van der Waals surface area contributed by atoms with Gasteiger partial charge in [0.05, 0.1) is 0 Å². The molecule has 4 aromatic rings. The van der Waals surface area contributed by atoms with Crippen molar-refractivity contribution in [1.29, 1.82) is 0 Å². The molecule has 1 aromatic heterocycles. The number of hydrogen-bond donors (Lipinski definition) is 0. The summed E-state index contributed by atoms with van der Waals surface area (Å²) in [6.07, 6.45) is 0. The van der Waals surface area contributed by atoms with Crippen molar-refractivity contribution in [2.75, 3.05) is 0 Å². The van der Waals surface area contributed by atoms with E-state index in [-0.39, 0.29) is 11.6 Å². The van der Waals surface area contributed by atoms with E-state index in [9.17, 15) is 8.78 Å². The van der Waals surface area contributed by atoms with Gasteiger partial charge < -0.3 is 13.9 Å². The molecule has 0 spiro atoms. The van der Waals surface area contributed by atoms with Gasteiger partial charge >= 0.3 is 6.61 Å². The Labute approximate surface area is 179 Å². The standard InChI is InChI=1S/C22H15BrF2N2O3/c23-17-6-10-18(11-7-17)28-13-14-2-1-3-16(12-14)21-27-26-20(30-21)15-4-8-19(9-5-15)29-22(24)25/h1-12,22H,13H2. The Morgan fingerprint density at radius 2 is 1.50 bits per heavy atom. The first kappa shape index (κ1) is 20.0. The molecule has 30 heavy (non-hydrogen) atoms. The number of benzene rings is 3. The molecule has 3 aromatic carbocycles. The van der Waals surface area contributed by atoms with Crippen LogP contribution in [0, 0.1) is 0 Å². The Morgan fingerprint density at radius 1 is 0.833 bits per heavy atom. The lowest BCUT2D eigenvalue weighted by Gasteiger charge is -2.07. The van der Waals surface area contributed by atoms with Crippen LogP contribution in [0.5, 0.6) is 11.5 Å². The van der Waals surface area contributed by atoms with Gasteiger partial charge in [-0.1, -0.05) is 28.1 Å². The van der Waals surface area contributed by atoms with E-state index in [0.717, 1.165) is 21.3 Å². The number of alkyl halides is 2. The summed E-state index contributed by atoms with van der Waals surface area (Å²) in [5.74, 6) is 1.46. The Bertz CT molecular complexity index is 1120. The van der Waals surface area contributed by atoms with Crippen molar-refractivity contribution in [3.63, 3.8) is 0 Å². The SMILES string of the molecule is FC(F)Oc1ccc(-c2nnc(-c3cccc(COc4ccc(Br)cc4)c3)o2)cc1. The lowest BCUT2D eigenvalue weighted by molar-refractivity contribution is -0.0498. The molecule has 152 valence electrons. The predicted octanol–water partition coefficient (Wildman–Crippen LogP) is 6.35. The highest BCUT2D eigenvalue weighted by Crippen LogP contribution is 2.27. The van der Waals surface area contributed by atoms with Crippen LogP contribution in [0.15, 0.2) is 81.7 Å². The van der Waals surface area contributed by atoms with Crippen LogP contribution in [0.4, 0.5) is 8.78 Å². The average Bonchev–Trinajstić information content (AvgIpc) is 3.24. The number of ether oxygens (including phenoxy) is 2. The van der Waals surface area contributed by atoms with E-state index in [4.69, 9.17) is 9.15 Å². The minimum atomic E-state index is -2.87. The van der Waals surface area contributed by atoms with Crippen molar-refractivity contribution in [1.82, 2.24) is 10.2 Å². The lowest BCUT2D eigenvalue weighted by Crippen LogP contribution is -2.01. The van der Waals surface area contributed by atoms with Gasteiger partial charge in [0, 0.05) is 15.6 Å². The summed E-state index contributed by atoms with van der Waals surface area (Å²) >= 11 is 3.39. The second-order valence-corrected chi connectivity index (χ2v) is 7.17. The fraction of sp³-hybridized carbons (Fsp3) is 0.0909. The number of halogens is 3. The molecule has 0 saturated heterocycles. The molecule has 0 atom stereocenters. The smallest absolute Gasteiger partial charge is 0.387 e. The molecule has 5 nitrogen and oxygen atoms in total. The number of hydrogen-bond acceptors (Lipinski definition) is 5. The van der Waals surface area contributed by atoms with Crippen LogP contribution >= 0.6 is 15.9 Å². The Morgan fingerprint density at radius 3 is 2.20 bits per heavy atom. The van der Waals surface area contributed by atoms with Crippen molar-refractivity contribution in [3.05, 3.63) is 82.8 Å². The Kier molecular flexibility index (Phi) is 6.04. The predicted molar refractivity (Wildman–Crippen MR) is 110 cm³/mol. The molecule has 0 fully saturated rings. The summed E-state index contributed by atoms with van der Waals surface area (Å²) in [5.41, 5.74) is 2.30. The van der Waals surface area contributed by atoms with Crippen LogP contribution in [-0.4, -0.2) is 16.8 Å². The van der Waals surface area contributed by atoms with Gasteiger partial charge in [0.2, 0.25) is 11.8 Å². The zero-order chi connectivity index (χ0) is 20.9. The Hall–Kier alpha value is -3.26. The third kappa shape index (κ3) is 5.01. The topological polar surface area (TPSA) is 57.4 Å². The first-order valence-corrected chi connectivity index (χ1v) is 9.72. The van der Waals surface area contributed by atoms with E-state index in [0.29, 0.717) is 18.1 Å². The molecule has 0 radical (unpaired) electrons. The maximum atomic E-state index is 12.3. The molecule has 1 heterocycles. The largest absolute Gasteiger partial charge is 0.489 e. The maximum Gasteiger partial charge on any atom is 0.387 e. The fourth-order valence-electron chi connectivity index (χ4n) is 2.73. The van der Waals surface area contributed by atoms with E-state index >= 15 is 0 Å². The van der Waals surface area contributed by atoms with Gasteiger partial charge in [-0.15, -0.1) is 10.2 Å². The number of aromatic nitrogens is 2. The molecular formula is C22H15BrF2N2O3. The van der Waals surface area contributed by atoms with E-state index in [2.05, 4.69) is 30.9 Å². The summed E-state index contributed by atoms with van der Waals surface area (Å²) in [4.78, 5) is 0. The summed E-state index contributed by atoms with van der Waals surface area (Å²) in [6, 6.07) is 21.2. The van der Waals surface area contributed by atoms with Crippen LogP contribution in [0.25, 0.3) is 22.9 Å². The second kappa shape index (κ2) is 9.04. The minimum absolute atomic E-state index is 0.0620. The molecule has 0 unspecified atom stereocenters. The zero-order valence-corrected chi connectivity index (χ0v) is 17.1. The summed E-state index contributed by atoms with van der Waals surface area (Å²) in [7, 11) is 0. The van der Waals surface area contributed by atoms with Crippen LogP contribution in [0.3, 0.4) is 0 Å². The first-order valence-electron chi connectivity index (χ1n) is 8.93. The molecule has 0 aliphatic carbocycles. The normalized spacial score (nSPS) is 10.9. The average molecular weight is 473 g/mol. The van der Waals surface area contributed by atoms with Gasteiger partial charge in [0.15, 0.2) is 0 Å². The number of rotatable bonds is 7. The van der Waals surface area contributed by atoms with Gasteiger partial charge in [-0.2, -0.15) is 8.78 Å². The molecule has 0 aliphatic rings. The van der Waals surface area contributed by atoms with Crippen LogP contribution in [0.2, 0.25) is 0 Å². The third-order valence-corrected chi connectivity index (χ3v) is 4.67. The summed E-state index contributed by atoms with van der Waals surface area (Å²) in [5, 5.41) is 8.13. The second-order valence-electron chi connectivity index (χ2n) is 6.26. The molecule has 4 rings (SSSR count). The lowest BCUT2D eigenvalue weighted by atomic mass is 10.1. The highest BCUT2D eigenvalue weighted by atomic mass is 79.9. The van der Waals surface area contributed by atoms with E-state index < -0.39 is 6.61 Å². The fourth-order valence-corrected chi connectivity index (χ4v) is 2.99. The molecular weight excluding hydrogens is 458 g/mol. The van der Waals surface area contributed by atoms with E-state index in [1.165, 1.54) is 12.1 Å². The van der Waals surface area contributed by atoms with Crippen molar-refractivity contribution >= 4 is 15.9 Å². The van der Waals surface area contributed by atoms with Crippen LogP contribution < -0.4 is 9.47 Å². The zero-order valence-electron chi connectivity index (χ0n) is 15.5. The molecule has 0 N–H and O–H groups in total. The summed E-state index contributed by atoms with van der Waals surface area (Å²) in [6.45, 7) is -2.48. The van der Waals surface area contributed by atoms with E-state index in [1.54, 1.807) is 12.1 Å². The third-order valence-electron chi connectivity index (χ3n) is 4.14. The van der Waals surface area contributed by atoms with Gasteiger partial charge in [0.25, 0.3) is 0 Å². The van der Waals surface area contributed by atoms with E-state index in [1.807, 2.05) is 48.5 Å². The highest BCUT2D eigenvalue weighted by molar-refractivity contribution is 9.10. The molecule has 0 aliphatic heterocycles. The van der Waals surface area contributed by atoms with Crippen LogP contribution in [-0.2, 0) is 6.61 Å². The van der Waals surface area contributed by atoms with Gasteiger partial charge in [-0.25, -0.2) is 0 Å². The minimum Gasteiger partial charge on any atom is -0.489 e. The number of nitrogens with zero attached hydrogens (tertiary/aromatic N) is 2. The van der Waals surface area contributed by atoms with Crippen LogP contribution in [0.1, 0.15) is 5.56 Å². The monoisotopic (exact) mass is 472 g/mol. The highest BCUT2D eigenvalue weighted by Gasteiger charge is 2.12. The van der Waals surface area contributed by atoms with Gasteiger partial charge in [-0.05, 0) is 66.2 Å². The van der Waals surface area contributed by atoms with Crippen molar-refractivity contribution < 1.29 is 22.7 Å². The van der Waals surface area contributed by atoms with Gasteiger partial charge in [0.1, 0.15) is 18.1 Å². The maximum absolute atomic E-state index is 12.3. The molecule has 0 saturated carbocycles. The van der Waals surface area contributed by atoms with Crippen molar-refractivity contribution in [2.45, 2.75) is 13.2 Å². The van der Waals surface area contributed by atoms with Gasteiger partial charge in [-0.3, -0.25) is 0 Å². The van der Waals surface area contributed by atoms with Crippen molar-refractivity contribution in [2.24, 2.45) is 0 Å². The Balaban J connectivity index is 1.46. The molecule has 0 amide bonds. The molecule has 0 bridgehead atoms. The first-order chi connectivity index (χ1) is 14.6. The molecule has 8 heteroatoms. The summed E-state index contributed by atoms with van der Waals surface area (Å²) < 4.78 is 41.4. The van der Waals surface area contributed by atoms with Crippen molar-refractivity contribution in [3.8, 4) is 34.4 Å².